The molecular formula is C23H26O11. The van der Waals surface area contributed by atoms with Gasteiger partial charge in [0, 0.05) is 12.1 Å². The second-order valence-corrected chi connectivity index (χ2v) is 7.98. The summed E-state index contributed by atoms with van der Waals surface area (Å²) in [4.78, 5) is 13.1. The van der Waals surface area contributed by atoms with Crippen LogP contribution < -0.4 is 18.9 Å². The number of aromatic hydroxyl groups is 1. The Morgan fingerprint density at radius 2 is 1.76 bits per heavy atom. The summed E-state index contributed by atoms with van der Waals surface area (Å²) in [5.41, 5.74) is 0.628. The topological polar surface area (TPSA) is 164 Å². The number of phenolic OH excluding ortho intramolecular Hbond substituents is 1. The van der Waals surface area contributed by atoms with Crippen molar-refractivity contribution in [1.29, 1.82) is 0 Å². The Labute approximate surface area is 194 Å². The van der Waals surface area contributed by atoms with Crippen molar-refractivity contribution in [2.75, 3.05) is 20.8 Å². The van der Waals surface area contributed by atoms with Gasteiger partial charge < -0.3 is 49.2 Å². The minimum Gasteiger partial charge on any atom is -0.504 e. The lowest BCUT2D eigenvalue weighted by Gasteiger charge is -2.40. The number of hydrogen-bond acceptors (Lipinski definition) is 11. The highest BCUT2D eigenvalue weighted by Crippen LogP contribution is 2.44. The average Bonchev–Trinajstić information content (AvgIpc) is 2.83. The molecule has 11 nitrogen and oxygen atoms in total. The maximum Gasteiger partial charge on any atom is 0.229 e. The van der Waals surface area contributed by atoms with Crippen molar-refractivity contribution in [3.8, 4) is 28.7 Å². The molecule has 2 heterocycles. The van der Waals surface area contributed by atoms with E-state index in [1.54, 1.807) is 12.1 Å². The Hall–Kier alpha value is -3.09. The van der Waals surface area contributed by atoms with Crippen molar-refractivity contribution in [1.82, 2.24) is 0 Å². The highest BCUT2D eigenvalue weighted by molar-refractivity contribution is 6.03. The van der Waals surface area contributed by atoms with Crippen molar-refractivity contribution in [2.24, 2.45) is 0 Å². The van der Waals surface area contributed by atoms with Gasteiger partial charge in [-0.05, 0) is 17.7 Å². The fourth-order valence-corrected chi connectivity index (χ4v) is 3.99. The molecule has 1 fully saturated rings. The molecular weight excluding hydrogens is 452 g/mol. The summed E-state index contributed by atoms with van der Waals surface area (Å²) in [6.45, 7) is -0.626. The molecule has 5 N–H and O–H groups in total. The molecule has 2 aromatic rings. The summed E-state index contributed by atoms with van der Waals surface area (Å²) >= 11 is 0. The van der Waals surface area contributed by atoms with Gasteiger partial charge in [-0.25, -0.2) is 0 Å². The van der Waals surface area contributed by atoms with Gasteiger partial charge in [0.05, 0.1) is 27.2 Å². The number of hydrogen-bond donors (Lipinski definition) is 5. The standard InChI is InChI=1S/C23H26O11/c1-30-11-6-16-19(13(26)8-15(32-16)10-3-4-14(31-2)12(25)5-10)17(7-11)33-23-22(29)21(28)20(27)18(9-24)34-23/h3-7,15,18,20-25,27-29H,8-9H2,1-2H3/t15-,18+,20+,21-,22+,23-/m0/s1. The number of ketones is 1. The Morgan fingerprint density at radius 3 is 2.41 bits per heavy atom. The third-order valence-corrected chi connectivity index (χ3v) is 5.86. The summed E-state index contributed by atoms with van der Waals surface area (Å²) in [5.74, 6) is 0.241. The number of fused-ring (bicyclic) bond motifs is 1. The number of carbonyl (C=O) groups excluding carboxylic acids is 1. The first-order valence-corrected chi connectivity index (χ1v) is 10.5. The van der Waals surface area contributed by atoms with Gasteiger partial charge in [0.25, 0.3) is 0 Å². The summed E-state index contributed by atoms with van der Waals surface area (Å²) in [5, 5.41) is 49.8. The quantitative estimate of drug-likeness (QED) is 0.388. The van der Waals surface area contributed by atoms with Crippen molar-refractivity contribution in [3.63, 3.8) is 0 Å². The van der Waals surface area contributed by atoms with Crippen molar-refractivity contribution >= 4 is 5.78 Å². The Kier molecular flexibility index (Phi) is 6.82. The highest BCUT2D eigenvalue weighted by Gasteiger charge is 2.45. The highest BCUT2D eigenvalue weighted by atomic mass is 16.7. The van der Waals surface area contributed by atoms with Crippen LogP contribution in [-0.2, 0) is 4.74 Å². The number of rotatable bonds is 6. The van der Waals surface area contributed by atoms with Gasteiger partial charge in [-0.3, -0.25) is 4.79 Å². The summed E-state index contributed by atoms with van der Waals surface area (Å²) in [6, 6.07) is 7.59. The average molecular weight is 478 g/mol. The van der Waals surface area contributed by atoms with E-state index in [-0.39, 0.29) is 46.5 Å². The van der Waals surface area contributed by atoms with Crippen molar-refractivity contribution < 1.29 is 54.0 Å². The third kappa shape index (κ3) is 4.36. The molecule has 0 radical (unpaired) electrons. The van der Waals surface area contributed by atoms with Gasteiger partial charge in [0.1, 0.15) is 53.3 Å². The number of Topliss-reactive ketones (excluding diaryl/α,β-unsaturated/α-hetero) is 1. The summed E-state index contributed by atoms with van der Waals surface area (Å²) in [6.07, 6.45) is -8.30. The predicted octanol–water partition coefficient (Wildman–Crippen LogP) is 0.295. The Balaban J connectivity index is 1.65. The zero-order valence-corrected chi connectivity index (χ0v) is 18.5. The van der Waals surface area contributed by atoms with Crippen LogP contribution in [-0.4, -0.2) is 82.8 Å². The van der Waals surface area contributed by atoms with E-state index >= 15 is 0 Å². The lowest BCUT2D eigenvalue weighted by Crippen LogP contribution is -2.60. The normalized spacial score (nSPS) is 28.6. The number of aliphatic hydroxyl groups excluding tert-OH is 4. The van der Waals surface area contributed by atoms with Gasteiger partial charge in [0.2, 0.25) is 6.29 Å². The van der Waals surface area contributed by atoms with E-state index in [1.807, 2.05) is 0 Å². The van der Waals surface area contributed by atoms with E-state index in [4.69, 9.17) is 23.7 Å². The first-order valence-electron chi connectivity index (χ1n) is 10.5. The number of carbonyl (C=O) groups is 1. The molecule has 2 aliphatic heterocycles. The molecule has 0 amide bonds. The molecule has 11 heteroatoms. The molecule has 0 saturated carbocycles. The van der Waals surface area contributed by atoms with Crippen LogP contribution in [0.3, 0.4) is 0 Å². The van der Waals surface area contributed by atoms with Gasteiger partial charge >= 0.3 is 0 Å². The first kappa shape index (κ1) is 24.0. The number of aliphatic hydroxyl groups is 4. The van der Waals surface area contributed by atoms with Crippen LogP contribution in [0.2, 0.25) is 0 Å². The molecule has 1 saturated heterocycles. The molecule has 2 aliphatic rings. The van der Waals surface area contributed by atoms with E-state index < -0.39 is 43.4 Å². The largest absolute Gasteiger partial charge is 0.504 e. The minimum atomic E-state index is -1.66. The molecule has 6 atom stereocenters. The number of ether oxygens (including phenoxy) is 5. The predicted molar refractivity (Wildman–Crippen MR) is 114 cm³/mol. The smallest absolute Gasteiger partial charge is 0.229 e. The maximum absolute atomic E-state index is 13.1. The maximum atomic E-state index is 13.1. The van der Waals surface area contributed by atoms with E-state index in [2.05, 4.69) is 0 Å². The van der Waals surface area contributed by atoms with Crippen LogP contribution in [0.25, 0.3) is 0 Å². The van der Waals surface area contributed by atoms with Crippen molar-refractivity contribution in [3.05, 3.63) is 41.5 Å². The molecule has 0 unspecified atom stereocenters. The van der Waals surface area contributed by atoms with Crippen LogP contribution in [0.4, 0.5) is 0 Å². The summed E-state index contributed by atoms with van der Waals surface area (Å²) in [7, 11) is 2.83. The van der Waals surface area contributed by atoms with Crippen LogP contribution in [0.1, 0.15) is 28.4 Å². The van der Waals surface area contributed by atoms with Gasteiger partial charge in [-0.2, -0.15) is 0 Å². The lowest BCUT2D eigenvalue weighted by atomic mass is 9.95. The minimum absolute atomic E-state index is 0.0280. The van der Waals surface area contributed by atoms with E-state index in [0.29, 0.717) is 5.56 Å². The zero-order chi connectivity index (χ0) is 24.6. The van der Waals surface area contributed by atoms with Gasteiger partial charge in [0.15, 0.2) is 17.3 Å². The SMILES string of the molecule is COc1cc(O[C@H]2O[C@H](CO)[C@@H](O)[C@H](O)[C@H]2O)c2c(c1)O[C@H](c1ccc(OC)c(O)c1)CC2=O. The molecule has 0 aromatic heterocycles. The lowest BCUT2D eigenvalue weighted by molar-refractivity contribution is -0.277. The Morgan fingerprint density at radius 1 is 1.00 bits per heavy atom. The molecule has 2 aromatic carbocycles. The Bertz CT molecular complexity index is 1050. The molecule has 34 heavy (non-hydrogen) atoms. The monoisotopic (exact) mass is 478 g/mol. The van der Waals surface area contributed by atoms with Crippen LogP contribution >= 0.6 is 0 Å². The fraction of sp³-hybridized carbons (Fsp3) is 0.435. The first-order chi connectivity index (χ1) is 16.3. The molecule has 0 bridgehead atoms. The van der Waals surface area contributed by atoms with E-state index in [9.17, 15) is 30.3 Å². The number of benzene rings is 2. The van der Waals surface area contributed by atoms with Crippen LogP contribution in [0.5, 0.6) is 28.7 Å². The van der Waals surface area contributed by atoms with E-state index in [1.165, 1.54) is 32.4 Å². The second kappa shape index (κ2) is 9.65. The third-order valence-electron chi connectivity index (χ3n) is 5.86. The summed E-state index contributed by atoms with van der Waals surface area (Å²) < 4.78 is 27.5. The van der Waals surface area contributed by atoms with E-state index in [0.717, 1.165) is 0 Å². The second-order valence-electron chi connectivity index (χ2n) is 7.98. The van der Waals surface area contributed by atoms with Crippen molar-refractivity contribution in [2.45, 2.75) is 43.2 Å². The number of phenols is 1. The fourth-order valence-electron chi connectivity index (χ4n) is 3.99. The van der Waals surface area contributed by atoms with Crippen LogP contribution in [0, 0.1) is 0 Å². The van der Waals surface area contributed by atoms with Gasteiger partial charge in [-0.1, -0.05) is 6.07 Å². The molecule has 0 spiro atoms. The van der Waals surface area contributed by atoms with Crippen LogP contribution in [0.15, 0.2) is 30.3 Å². The zero-order valence-electron chi connectivity index (χ0n) is 18.5. The number of methoxy groups -OCH3 is 2. The molecule has 4 rings (SSSR count). The van der Waals surface area contributed by atoms with Gasteiger partial charge in [-0.15, -0.1) is 0 Å². The molecule has 184 valence electrons. The molecule has 0 aliphatic carbocycles.